The van der Waals surface area contributed by atoms with Gasteiger partial charge in [-0.3, -0.25) is 24.1 Å². The highest BCUT2D eigenvalue weighted by Crippen LogP contribution is 2.34. The SMILES string of the molecule is Cc1cc(CC(=O)O)c(O)cc1CC(=O)O.O=C1C(=O)N(c2ccccc2)c2ccccc21. The van der Waals surface area contributed by atoms with Crippen molar-refractivity contribution in [3.63, 3.8) is 0 Å². The zero-order chi connectivity index (χ0) is 24.1. The number of para-hydroxylation sites is 2. The molecule has 3 aromatic carbocycles. The molecule has 0 aromatic heterocycles. The number of aliphatic carboxylic acids is 2. The fourth-order valence-corrected chi connectivity index (χ4v) is 3.48. The number of ketones is 1. The fraction of sp³-hybridized carbons (Fsp3) is 0.120. The summed E-state index contributed by atoms with van der Waals surface area (Å²) >= 11 is 0. The van der Waals surface area contributed by atoms with Crippen molar-refractivity contribution in [3.05, 3.63) is 89.0 Å². The number of carbonyl (C=O) groups excluding carboxylic acids is 2. The van der Waals surface area contributed by atoms with Gasteiger partial charge in [0.2, 0.25) is 0 Å². The van der Waals surface area contributed by atoms with Gasteiger partial charge in [0, 0.05) is 11.3 Å². The number of aryl methyl sites for hydroxylation is 1. The molecule has 3 aromatic rings. The zero-order valence-electron chi connectivity index (χ0n) is 17.7. The minimum absolute atomic E-state index is 0.177. The van der Waals surface area contributed by atoms with Gasteiger partial charge in [0.05, 0.1) is 24.1 Å². The first kappa shape index (κ1) is 23.2. The average Bonchev–Trinajstić information content (AvgIpc) is 3.02. The molecule has 168 valence electrons. The van der Waals surface area contributed by atoms with Gasteiger partial charge in [-0.1, -0.05) is 36.4 Å². The number of carbonyl (C=O) groups is 4. The molecule has 0 fully saturated rings. The van der Waals surface area contributed by atoms with Crippen LogP contribution in [0.4, 0.5) is 11.4 Å². The van der Waals surface area contributed by atoms with Gasteiger partial charge in [0.25, 0.3) is 5.78 Å². The molecule has 0 saturated heterocycles. The Labute approximate surface area is 189 Å². The molecule has 0 spiro atoms. The van der Waals surface area contributed by atoms with E-state index in [1.807, 2.05) is 36.4 Å². The van der Waals surface area contributed by atoms with E-state index in [4.69, 9.17) is 10.2 Å². The predicted octanol–water partition coefficient (Wildman–Crippen LogP) is 3.50. The van der Waals surface area contributed by atoms with Crippen LogP contribution in [-0.2, 0) is 27.2 Å². The summed E-state index contributed by atoms with van der Waals surface area (Å²) in [5.74, 6) is -3.14. The summed E-state index contributed by atoms with van der Waals surface area (Å²) in [4.78, 5) is 46.2. The second-order valence-corrected chi connectivity index (χ2v) is 7.37. The zero-order valence-corrected chi connectivity index (χ0v) is 17.7. The Balaban J connectivity index is 0.000000186. The minimum atomic E-state index is -1.04. The quantitative estimate of drug-likeness (QED) is 0.510. The number of amides is 1. The lowest BCUT2D eigenvalue weighted by Crippen LogP contribution is -2.24. The van der Waals surface area contributed by atoms with Crippen molar-refractivity contribution in [2.45, 2.75) is 19.8 Å². The van der Waals surface area contributed by atoms with Crippen LogP contribution >= 0.6 is 0 Å². The van der Waals surface area contributed by atoms with Crippen LogP contribution in [0.3, 0.4) is 0 Å². The first-order valence-electron chi connectivity index (χ1n) is 9.97. The number of hydrogen-bond donors (Lipinski definition) is 3. The number of phenolic OH excluding ortho intramolecular Hbond substituents is 1. The van der Waals surface area contributed by atoms with Gasteiger partial charge in [0.15, 0.2) is 0 Å². The number of rotatable bonds is 5. The highest BCUT2D eigenvalue weighted by molar-refractivity contribution is 6.53. The van der Waals surface area contributed by atoms with Crippen molar-refractivity contribution >= 4 is 35.0 Å². The molecule has 1 aliphatic rings. The number of carboxylic acid groups (broad SMARTS) is 2. The normalized spacial score (nSPS) is 12.1. The van der Waals surface area contributed by atoms with Gasteiger partial charge >= 0.3 is 17.8 Å². The van der Waals surface area contributed by atoms with E-state index in [2.05, 4.69) is 0 Å². The Hall–Kier alpha value is -4.46. The van der Waals surface area contributed by atoms with E-state index in [9.17, 15) is 24.3 Å². The van der Waals surface area contributed by atoms with E-state index in [1.54, 1.807) is 25.1 Å². The third-order valence-corrected chi connectivity index (χ3v) is 5.02. The highest BCUT2D eigenvalue weighted by atomic mass is 16.4. The summed E-state index contributed by atoms with van der Waals surface area (Å²) in [6.45, 7) is 1.68. The van der Waals surface area contributed by atoms with Crippen molar-refractivity contribution in [2.24, 2.45) is 0 Å². The Morgan fingerprint density at radius 2 is 1.39 bits per heavy atom. The first-order chi connectivity index (χ1) is 15.7. The summed E-state index contributed by atoms with van der Waals surface area (Å²) in [6.07, 6.45) is -0.466. The molecule has 0 unspecified atom stereocenters. The van der Waals surface area contributed by atoms with E-state index in [0.717, 1.165) is 5.69 Å². The van der Waals surface area contributed by atoms with Crippen LogP contribution in [0.25, 0.3) is 0 Å². The van der Waals surface area contributed by atoms with Gasteiger partial charge in [-0.15, -0.1) is 0 Å². The van der Waals surface area contributed by atoms with Gasteiger partial charge in [-0.2, -0.15) is 0 Å². The number of phenols is 1. The number of hydrogen-bond acceptors (Lipinski definition) is 5. The van der Waals surface area contributed by atoms with Crippen LogP contribution in [0.5, 0.6) is 5.75 Å². The number of nitrogens with zero attached hydrogens (tertiary/aromatic N) is 1. The molecule has 8 nitrogen and oxygen atoms in total. The molecule has 4 rings (SSSR count). The maximum Gasteiger partial charge on any atom is 0.307 e. The molecule has 0 bridgehead atoms. The molecular weight excluding hydrogens is 426 g/mol. The number of fused-ring (bicyclic) bond motifs is 1. The molecule has 0 radical (unpaired) electrons. The number of Topliss-reactive ketones (excluding diaryl/α,β-unsaturated/α-hetero) is 1. The van der Waals surface area contributed by atoms with Gasteiger partial charge < -0.3 is 15.3 Å². The van der Waals surface area contributed by atoms with E-state index < -0.39 is 23.6 Å². The molecule has 33 heavy (non-hydrogen) atoms. The third kappa shape index (κ3) is 5.24. The summed E-state index contributed by atoms with van der Waals surface area (Å²) in [5, 5.41) is 26.7. The molecule has 0 aliphatic carbocycles. The lowest BCUT2D eigenvalue weighted by atomic mass is 10.00. The first-order valence-corrected chi connectivity index (χ1v) is 9.97. The molecule has 0 atom stereocenters. The maximum absolute atomic E-state index is 11.9. The van der Waals surface area contributed by atoms with Crippen LogP contribution in [0.2, 0.25) is 0 Å². The Bertz CT molecular complexity index is 1190. The van der Waals surface area contributed by atoms with Crippen molar-refractivity contribution in [1.82, 2.24) is 0 Å². The Morgan fingerprint density at radius 1 is 0.818 bits per heavy atom. The van der Waals surface area contributed by atoms with Crippen LogP contribution in [0.15, 0.2) is 66.7 Å². The molecule has 0 saturated carbocycles. The Morgan fingerprint density at radius 3 is 2.03 bits per heavy atom. The molecular formula is C25H21NO7. The lowest BCUT2D eigenvalue weighted by molar-refractivity contribution is -0.137. The largest absolute Gasteiger partial charge is 0.508 e. The number of aromatic hydroxyl groups is 1. The van der Waals surface area contributed by atoms with Gasteiger partial charge in [-0.25, -0.2) is 0 Å². The summed E-state index contributed by atoms with van der Waals surface area (Å²) in [7, 11) is 0. The van der Waals surface area contributed by atoms with E-state index in [0.29, 0.717) is 27.9 Å². The van der Waals surface area contributed by atoms with E-state index >= 15 is 0 Å². The standard InChI is InChI=1S/C14H9NO2.C11H12O5/c16-13-11-8-4-5-9-12(11)15(14(13)17)10-6-2-1-3-7-10;1-6-2-8(5-11(15)16)9(12)3-7(6)4-10(13)14/h1-9H;2-3,12H,4-5H2,1H3,(H,13,14)(H,15,16). The van der Waals surface area contributed by atoms with Crippen molar-refractivity contribution in [2.75, 3.05) is 4.90 Å². The summed E-state index contributed by atoms with van der Waals surface area (Å²) in [5.41, 5.74) is 3.29. The predicted molar refractivity (Wildman–Crippen MR) is 120 cm³/mol. The summed E-state index contributed by atoms with van der Waals surface area (Å²) < 4.78 is 0. The molecule has 8 heteroatoms. The molecule has 1 amide bonds. The van der Waals surface area contributed by atoms with Crippen molar-refractivity contribution in [3.8, 4) is 5.75 Å². The number of benzene rings is 3. The smallest absolute Gasteiger partial charge is 0.307 e. The maximum atomic E-state index is 11.9. The van der Waals surface area contributed by atoms with Crippen molar-refractivity contribution in [1.29, 1.82) is 0 Å². The lowest BCUT2D eigenvalue weighted by Gasteiger charge is -2.15. The van der Waals surface area contributed by atoms with Crippen LogP contribution < -0.4 is 4.90 Å². The molecule has 1 heterocycles. The molecule has 3 N–H and O–H groups in total. The molecule has 1 aliphatic heterocycles. The van der Waals surface area contributed by atoms with Crippen molar-refractivity contribution < 1.29 is 34.5 Å². The van der Waals surface area contributed by atoms with Gasteiger partial charge in [-0.05, 0) is 48.4 Å². The Kier molecular flexibility index (Phi) is 6.88. The summed E-state index contributed by atoms with van der Waals surface area (Å²) in [6, 6.07) is 19.0. The highest BCUT2D eigenvalue weighted by Gasteiger charge is 2.36. The van der Waals surface area contributed by atoms with Crippen LogP contribution in [0.1, 0.15) is 27.0 Å². The van der Waals surface area contributed by atoms with E-state index in [1.165, 1.54) is 17.0 Å². The second kappa shape index (κ2) is 9.78. The van der Waals surface area contributed by atoms with Crippen LogP contribution in [0, 0.1) is 6.92 Å². The monoisotopic (exact) mass is 447 g/mol. The number of carboxylic acids is 2. The average molecular weight is 447 g/mol. The number of anilines is 2. The second-order valence-electron chi connectivity index (χ2n) is 7.37. The van der Waals surface area contributed by atoms with E-state index in [-0.39, 0.29) is 18.6 Å². The minimum Gasteiger partial charge on any atom is -0.508 e. The van der Waals surface area contributed by atoms with Gasteiger partial charge in [0.1, 0.15) is 5.75 Å². The topological polar surface area (TPSA) is 132 Å². The van der Waals surface area contributed by atoms with Crippen LogP contribution in [-0.4, -0.2) is 38.9 Å². The fourth-order valence-electron chi connectivity index (χ4n) is 3.48. The third-order valence-electron chi connectivity index (χ3n) is 5.02.